The van der Waals surface area contributed by atoms with Gasteiger partial charge in [0.2, 0.25) is 0 Å². The van der Waals surface area contributed by atoms with Crippen molar-refractivity contribution in [3.05, 3.63) is 34.9 Å². The first-order valence-corrected chi connectivity index (χ1v) is 5.45. The number of carbonyl (C=O) groups excluding carboxylic acids is 1. The summed E-state index contributed by atoms with van der Waals surface area (Å²) in [7, 11) is 1.39. The molecule has 0 bridgehead atoms. The van der Waals surface area contributed by atoms with Gasteiger partial charge in [-0.3, -0.25) is 0 Å². The maximum atomic E-state index is 11.3. The van der Waals surface area contributed by atoms with Crippen LogP contribution in [-0.4, -0.2) is 19.0 Å². The molecule has 1 rings (SSSR count). The van der Waals surface area contributed by atoms with Crippen molar-refractivity contribution in [3.63, 3.8) is 0 Å². The van der Waals surface area contributed by atoms with Crippen molar-refractivity contribution in [1.29, 1.82) is 0 Å². The third-order valence-corrected chi connectivity index (χ3v) is 2.42. The molecular weight excluding hydrogens is 212 g/mol. The van der Waals surface area contributed by atoms with Crippen LogP contribution in [0.2, 0.25) is 0 Å². The largest absolute Gasteiger partial charge is 0.465 e. The van der Waals surface area contributed by atoms with E-state index >= 15 is 0 Å². The van der Waals surface area contributed by atoms with E-state index < -0.39 is 0 Å². The highest BCUT2D eigenvalue weighted by Gasteiger charge is 2.06. The number of aryl methyl sites for hydroxylation is 2. The highest BCUT2D eigenvalue weighted by Crippen LogP contribution is 2.12. The van der Waals surface area contributed by atoms with Crippen molar-refractivity contribution in [2.75, 3.05) is 13.0 Å². The van der Waals surface area contributed by atoms with E-state index in [1.807, 2.05) is 19.1 Å². The number of ether oxygens (including phenoxy) is 1. The van der Waals surface area contributed by atoms with Gasteiger partial charge in [0.1, 0.15) is 0 Å². The average Bonchev–Trinajstić information content (AvgIpc) is 2.24. The summed E-state index contributed by atoms with van der Waals surface area (Å²) in [4.78, 5) is 11.3. The molecular formula is C12H15ClO2. The Bertz CT molecular complexity index is 347. The second kappa shape index (κ2) is 5.76. The number of benzene rings is 1. The maximum Gasteiger partial charge on any atom is 0.337 e. The number of hydrogen-bond donors (Lipinski definition) is 0. The standard InChI is InChI=1S/C12H15ClO2/c1-9-6-10(4-3-5-13)8-11(7-9)12(14)15-2/h6-8H,3-5H2,1-2H3. The van der Waals surface area contributed by atoms with E-state index in [1.165, 1.54) is 7.11 Å². The quantitative estimate of drug-likeness (QED) is 0.583. The van der Waals surface area contributed by atoms with Gasteiger partial charge in [0.05, 0.1) is 12.7 Å². The second-order valence-electron chi connectivity index (χ2n) is 3.49. The first-order valence-electron chi connectivity index (χ1n) is 4.92. The van der Waals surface area contributed by atoms with Crippen LogP contribution in [0.3, 0.4) is 0 Å². The lowest BCUT2D eigenvalue weighted by Gasteiger charge is -2.05. The Morgan fingerprint density at radius 2 is 2.13 bits per heavy atom. The fourth-order valence-electron chi connectivity index (χ4n) is 1.51. The number of rotatable bonds is 4. The summed E-state index contributed by atoms with van der Waals surface area (Å²) in [6.45, 7) is 1.97. The number of methoxy groups -OCH3 is 1. The van der Waals surface area contributed by atoms with Crippen molar-refractivity contribution < 1.29 is 9.53 Å². The van der Waals surface area contributed by atoms with Gasteiger partial charge in [0.15, 0.2) is 0 Å². The Labute approximate surface area is 95.2 Å². The molecule has 0 aliphatic carbocycles. The van der Waals surface area contributed by atoms with Crippen LogP contribution in [0.25, 0.3) is 0 Å². The lowest BCUT2D eigenvalue weighted by Crippen LogP contribution is -2.02. The summed E-state index contributed by atoms with van der Waals surface area (Å²) in [5, 5.41) is 0. The molecule has 0 atom stereocenters. The third kappa shape index (κ3) is 3.56. The van der Waals surface area contributed by atoms with Crippen LogP contribution in [-0.2, 0) is 11.2 Å². The van der Waals surface area contributed by atoms with Crippen molar-refractivity contribution in [2.45, 2.75) is 19.8 Å². The smallest absolute Gasteiger partial charge is 0.337 e. The van der Waals surface area contributed by atoms with E-state index in [2.05, 4.69) is 10.8 Å². The molecule has 0 fully saturated rings. The van der Waals surface area contributed by atoms with Crippen molar-refractivity contribution >= 4 is 17.6 Å². The number of alkyl halides is 1. The zero-order valence-electron chi connectivity index (χ0n) is 9.05. The highest BCUT2D eigenvalue weighted by atomic mass is 35.5. The molecule has 15 heavy (non-hydrogen) atoms. The predicted octanol–water partition coefficient (Wildman–Crippen LogP) is 2.95. The zero-order valence-corrected chi connectivity index (χ0v) is 9.80. The molecule has 3 heteroatoms. The van der Waals surface area contributed by atoms with Gasteiger partial charge < -0.3 is 4.74 Å². The average molecular weight is 227 g/mol. The number of esters is 1. The summed E-state index contributed by atoms with van der Waals surface area (Å²) < 4.78 is 4.69. The first kappa shape index (κ1) is 12.1. The molecule has 2 nitrogen and oxygen atoms in total. The Balaban J connectivity index is 2.89. The molecule has 0 heterocycles. The Morgan fingerprint density at radius 1 is 1.40 bits per heavy atom. The molecule has 82 valence electrons. The molecule has 0 spiro atoms. The lowest BCUT2D eigenvalue weighted by molar-refractivity contribution is 0.0600. The van der Waals surface area contributed by atoms with Gasteiger partial charge in [-0.2, -0.15) is 0 Å². The minimum atomic E-state index is -0.286. The third-order valence-electron chi connectivity index (χ3n) is 2.16. The van der Waals surface area contributed by atoms with Gasteiger partial charge in [-0.1, -0.05) is 11.6 Å². The van der Waals surface area contributed by atoms with Crippen LogP contribution in [0.15, 0.2) is 18.2 Å². The number of halogens is 1. The topological polar surface area (TPSA) is 26.3 Å². The fraction of sp³-hybridized carbons (Fsp3) is 0.417. The van der Waals surface area contributed by atoms with Crippen molar-refractivity contribution in [1.82, 2.24) is 0 Å². The minimum absolute atomic E-state index is 0.286. The lowest BCUT2D eigenvalue weighted by atomic mass is 10.0. The van der Waals surface area contributed by atoms with E-state index in [9.17, 15) is 4.79 Å². The summed E-state index contributed by atoms with van der Waals surface area (Å²) >= 11 is 5.63. The molecule has 0 unspecified atom stereocenters. The van der Waals surface area contributed by atoms with Crippen LogP contribution in [0, 0.1) is 6.92 Å². The number of hydrogen-bond acceptors (Lipinski definition) is 2. The van der Waals surface area contributed by atoms with Gasteiger partial charge in [0, 0.05) is 5.88 Å². The van der Waals surface area contributed by atoms with E-state index in [4.69, 9.17) is 11.6 Å². The molecule has 0 saturated heterocycles. The van der Waals surface area contributed by atoms with E-state index in [-0.39, 0.29) is 5.97 Å². The SMILES string of the molecule is COC(=O)c1cc(C)cc(CCCCl)c1. The summed E-state index contributed by atoms with van der Waals surface area (Å²) in [6.07, 6.45) is 1.82. The van der Waals surface area contributed by atoms with E-state index in [1.54, 1.807) is 0 Å². The Kier molecular flexibility index (Phi) is 4.63. The molecule has 0 saturated carbocycles. The molecule has 0 aliphatic rings. The monoisotopic (exact) mass is 226 g/mol. The zero-order chi connectivity index (χ0) is 11.3. The summed E-state index contributed by atoms with van der Waals surface area (Å²) in [5.74, 6) is 0.354. The van der Waals surface area contributed by atoms with Gasteiger partial charge in [-0.05, 0) is 37.5 Å². The Morgan fingerprint density at radius 3 is 2.73 bits per heavy atom. The van der Waals surface area contributed by atoms with Gasteiger partial charge in [-0.25, -0.2) is 4.79 Å². The highest BCUT2D eigenvalue weighted by molar-refractivity contribution is 6.17. The minimum Gasteiger partial charge on any atom is -0.465 e. The predicted molar refractivity (Wildman–Crippen MR) is 61.6 cm³/mol. The summed E-state index contributed by atoms with van der Waals surface area (Å²) in [6, 6.07) is 5.76. The maximum absolute atomic E-state index is 11.3. The molecule has 0 amide bonds. The van der Waals surface area contributed by atoms with Crippen molar-refractivity contribution in [2.24, 2.45) is 0 Å². The van der Waals surface area contributed by atoms with E-state index in [0.717, 1.165) is 24.0 Å². The van der Waals surface area contributed by atoms with Gasteiger partial charge in [-0.15, -0.1) is 11.6 Å². The Hall–Kier alpha value is -1.02. The summed E-state index contributed by atoms with van der Waals surface area (Å²) in [5.41, 5.74) is 2.82. The normalized spacial score (nSPS) is 10.1. The molecule has 0 N–H and O–H groups in total. The molecule has 0 aromatic heterocycles. The fourth-order valence-corrected chi connectivity index (χ4v) is 1.65. The van der Waals surface area contributed by atoms with Gasteiger partial charge >= 0.3 is 5.97 Å². The van der Waals surface area contributed by atoms with Crippen LogP contribution in [0.4, 0.5) is 0 Å². The van der Waals surface area contributed by atoms with Crippen LogP contribution >= 0.6 is 11.6 Å². The van der Waals surface area contributed by atoms with Gasteiger partial charge in [0.25, 0.3) is 0 Å². The van der Waals surface area contributed by atoms with Crippen LogP contribution in [0.1, 0.15) is 27.9 Å². The molecule has 0 aliphatic heterocycles. The second-order valence-corrected chi connectivity index (χ2v) is 3.87. The molecule has 0 radical (unpaired) electrons. The molecule has 1 aromatic rings. The van der Waals surface area contributed by atoms with Crippen molar-refractivity contribution in [3.8, 4) is 0 Å². The number of carbonyl (C=O) groups is 1. The first-order chi connectivity index (χ1) is 7.17. The van der Waals surface area contributed by atoms with E-state index in [0.29, 0.717) is 11.4 Å². The van der Waals surface area contributed by atoms with Crippen LogP contribution < -0.4 is 0 Å². The molecule has 1 aromatic carbocycles. The van der Waals surface area contributed by atoms with Crippen LogP contribution in [0.5, 0.6) is 0 Å².